The highest BCUT2D eigenvalue weighted by Crippen LogP contribution is 2.43. The van der Waals surface area contributed by atoms with E-state index in [1.165, 1.54) is 5.56 Å². The number of anilines is 2. The maximum absolute atomic E-state index is 9.85. The Kier molecular flexibility index (Phi) is 5.05. The van der Waals surface area contributed by atoms with E-state index in [4.69, 9.17) is 15.8 Å². The number of thiazole rings is 1. The fraction of sp³-hybridized carbons (Fsp3) is 0.421. The van der Waals surface area contributed by atoms with Crippen LogP contribution in [0.5, 0.6) is 0 Å². The van der Waals surface area contributed by atoms with E-state index >= 15 is 0 Å². The van der Waals surface area contributed by atoms with Gasteiger partial charge in [0.1, 0.15) is 5.82 Å². The van der Waals surface area contributed by atoms with Crippen molar-refractivity contribution in [3.05, 3.63) is 29.6 Å². The third-order valence-corrected chi connectivity index (χ3v) is 5.88. The smallest absolute Gasteiger partial charge is 0.186 e. The molecular formula is C19H25N7OS. The largest absolute Gasteiger partial charge is 0.384 e. The highest BCUT2D eigenvalue weighted by Gasteiger charge is 2.28. The van der Waals surface area contributed by atoms with Crippen molar-refractivity contribution in [3.8, 4) is 21.8 Å². The number of pyridine rings is 1. The van der Waals surface area contributed by atoms with Crippen LogP contribution in [0.3, 0.4) is 0 Å². The number of nitrogens with zero attached hydrogens (tertiary/aromatic N) is 4. The molecule has 1 atom stereocenters. The number of hydrogen-bond acceptors (Lipinski definition) is 8. The lowest BCUT2D eigenvalue weighted by Crippen LogP contribution is -2.32. The van der Waals surface area contributed by atoms with Gasteiger partial charge in [-0.25, -0.2) is 9.97 Å². The highest BCUT2D eigenvalue weighted by molar-refractivity contribution is 7.19. The van der Waals surface area contributed by atoms with Crippen LogP contribution in [0, 0.1) is 0 Å². The number of aliphatic hydroxyl groups excluding tert-OH is 1. The molecule has 148 valence electrons. The van der Waals surface area contributed by atoms with Crippen LogP contribution >= 0.6 is 11.3 Å². The topological polar surface area (TPSA) is 114 Å². The molecule has 0 saturated heterocycles. The van der Waals surface area contributed by atoms with Crippen LogP contribution in [0.1, 0.15) is 37.6 Å². The zero-order chi connectivity index (χ0) is 19.8. The first-order chi connectivity index (χ1) is 13.5. The molecule has 3 heterocycles. The monoisotopic (exact) mass is 399 g/mol. The van der Waals surface area contributed by atoms with Crippen molar-refractivity contribution in [2.75, 3.05) is 18.1 Å². The predicted molar refractivity (Wildman–Crippen MR) is 112 cm³/mol. The number of nitrogens with one attached hydrogen (secondary N) is 2. The minimum Gasteiger partial charge on any atom is -0.384 e. The normalized spacial score (nSPS) is 14.5. The Balaban J connectivity index is 1.86. The summed E-state index contributed by atoms with van der Waals surface area (Å²) in [6, 6.07) is 3.99. The summed E-state index contributed by atoms with van der Waals surface area (Å²) in [6.45, 7) is 4.27. The summed E-state index contributed by atoms with van der Waals surface area (Å²) in [4.78, 5) is 10.1. The maximum Gasteiger partial charge on any atom is 0.186 e. The standard InChI is InChI=1S/C19H25N7OS/c1-10(2)26-16-12(15(25-26)11-7-8-14(20)22-9-11)5-4-6-13-17(16)28-19(23-13)24-18(27)21-3/h7-10,18,21,27H,4-6H2,1-3H3,(H2,20,22)(H,23,24). The molecule has 0 saturated carbocycles. The number of fused-ring (bicyclic) bond motifs is 3. The summed E-state index contributed by atoms with van der Waals surface area (Å²) in [5.74, 6) is 0.502. The second kappa shape index (κ2) is 7.50. The van der Waals surface area contributed by atoms with Crippen LogP contribution in [0.15, 0.2) is 18.3 Å². The first-order valence-electron chi connectivity index (χ1n) is 9.43. The summed E-state index contributed by atoms with van der Waals surface area (Å²) < 4.78 is 2.08. The average molecular weight is 400 g/mol. The number of aliphatic hydroxyl groups is 1. The van der Waals surface area contributed by atoms with Gasteiger partial charge in [0.05, 0.1) is 22.0 Å². The van der Waals surface area contributed by atoms with E-state index in [2.05, 4.69) is 34.1 Å². The minimum atomic E-state index is -0.833. The molecule has 28 heavy (non-hydrogen) atoms. The highest BCUT2D eigenvalue weighted by atomic mass is 32.1. The molecule has 0 aromatic carbocycles. The molecule has 3 aromatic rings. The van der Waals surface area contributed by atoms with Crippen molar-refractivity contribution in [2.45, 2.75) is 45.5 Å². The Hall–Kier alpha value is -2.49. The summed E-state index contributed by atoms with van der Waals surface area (Å²) in [5.41, 5.74) is 11.1. The predicted octanol–water partition coefficient (Wildman–Crippen LogP) is 2.63. The molecule has 1 unspecified atom stereocenters. The lowest BCUT2D eigenvalue weighted by atomic mass is 10.0. The van der Waals surface area contributed by atoms with Crippen LogP contribution < -0.4 is 16.4 Å². The summed E-state index contributed by atoms with van der Waals surface area (Å²) in [5, 5.41) is 21.3. The Morgan fingerprint density at radius 3 is 2.79 bits per heavy atom. The lowest BCUT2D eigenvalue weighted by molar-refractivity contribution is 0.175. The molecule has 9 heteroatoms. The van der Waals surface area contributed by atoms with Crippen molar-refractivity contribution in [2.24, 2.45) is 0 Å². The van der Waals surface area contributed by atoms with E-state index in [0.717, 1.165) is 46.8 Å². The quantitative estimate of drug-likeness (QED) is 0.488. The van der Waals surface area contributed by atoms with Crippen LogP contribution in [0.4, 0.5) is 10.9 Å². The van der Waals surface area contributed by atoms with E-state index in [1.54, 1.807) is 24.6 Å². The Bertz CT molecular complexity index is 977. The molecule has 0 amide bonds. The minimum absolute atomic E-state index is 0.205. The molecule has 0 aliphatic heterocycles. The molecule has 8 nitrogen and oxygen atoms in total. The van der Waals surface area contributed by atoms with Gasteiger partial charge in [-0.15, -0.1) is 0 Å². The first kappa shape index (κ1) is 18.9. The van der Waals surface area contributed by atoms with Gasteiger partial charge in [-0.05, 0) is 52.3 Å². The molecule has 0 fully saturated rings. The number of hydrogen-bond donors (Lipinski definition) is 4. The van der Waals surface area contributed by atoms with E-state index in [1.807, 2.05) is 12.1 Å². The van der Waals surface area contributed by atoms with Crippen molar-refractivity contribution >= 4 is 22.3 Å². The molecule has 1 aliphatic rings. The molecular weight excluding hydrogens is 374 g/mol. The van der Waals surface area contributed by atoms with Gasteiger partial charge in [0.2, 0.25) is 0 Å². The van der Waals surface area contributed by atoms with Gasteiger partial charge in [-0.1, -0.05) is 11.3 Å². The van der Waals surface area contributed by atoms with Gasteiger partial charge in [0, 0.05) is 23.4 Å². The fourth-order valence-corrected chi connectivity index (χ4v) is 4.59. The lowest BCUT2D eigenvalue weighted by Gasteiger charge is -2.11. The molecule has 0 radical (unpaired) electrons. The van der Waals surface area contributed by atoms with Crippen LogP contribution in [0.25, 0.3) is 21.8 Å². The summed E-state index contributed by atoms with van der Waals surface area (Å²) in [7, 11) is 1.69. The van der Waals surface area contributed by atoms with Gasteiger partial charge >= 0.3 is 0 Å². The van der Waals surface area contributed by atoms with Gasteiger partial charge in [0.25, 0.3) is 0 Å². The van der Waals surface area contributed by atoms with Crippen molar-refractivity contribution in [1.29, 1.82) is 0 Å². The number of rotatable bonds is 5. The number of nitrogens with two attached hydrogens (primary N) is 1. The Labute approximate surface area is 167 Å². The van der Waals surface area contributed by atoms with E-state index < -0.39 is 6.35 Å². The van der Waals surface area contributed by atoms with Crippen LogP contribution in [0.2, 0.25) is 0 Å². The van der Waals surface area contributed by atoms with Crippen molar-refractivity contribution in [1.82, 2.24) is 25.1 Å². The zero-order valence-electron chi connectivity index (χ0n) is 16.2. The molecule has 0 bridgehead atoms. The average Bonchev–Trinajstić information content (AvgIpc) is 3.19. The van der Waals surface area contributed by atoms with Crippen molar-refractivity contribution < 1.29 is 5.11 Å². The number of nitrogen functional groups attached to an aromatic ring is 1. The Morgan fingerprint density at radius 1 is 1.29 bits per heavy atom. The second-order valence-electron chi connectivity index (χ2n) is 7.17. The van der Waals surface area contributed by atoms with Gasteiger partial charge in [-0.3, -0.25) is 10.00 Å². The van der Waals surface area contributed by atoms with E-state index in [0.29, 0.717) is 10.9 Å². The number of aryl methyl sites for hydroxylation is 1. The van der Waals surface area contributed by atoms with Gasteiger partial charge in [-0.2, -0.15) is 5.10 Å². The third kappa shape index (κ3) is 3.36. The maximum atomic E-state index is 9.85. The first-order valence-corrected chi connectivity index (χ1v) is 10.2. The van der Waals surface area contributed by atoms with Crippen molar-refractivity contribution in [3.63, 3.8) is 0 Å². The third-order valence-electron chi connectivity index (χ3n) is 4.84. The second-order valence-corrected chi connectivity index (χ2v) is 8.17. The molecule has 4 rings (SSSR count). The molecule has 1 aliphatic carbocycles. The molecule has 3 aromatic heterocycles. The molecule has 0 spiro atoms. The van der Waals surface area contributed by atoms with E-state index in [9.17, 15) is 5.11 Å². The summed E-state index contributed by atoms with van der Waals surface area (Å²) >= 11 is 1.56. The van der Waals surface area contributed by atoms with E-state index in [-0.39, 0.29) is 6.04 Å². The number of aromatic nitrogens is 4. The SMILES string of the molecule is CNC(O)Nc1nc2c(s1)-c1c(c(-c3ccc(N)nc3)nn1C(C)C)CCC2. The van der Waals surface area contributed by atoms with Gasteiger partial charge < -0.3 is 16.2 Å². The summed E-state index contributed by atoms with van der Waals surface area (Å²) in [6.07, 6.45) is 3.79. The fourth-order valence-electron chi connectivity index (χ4n) is 3.49. The van der Waals surface area contributed by atoms with Crippen LogP contribution in [-0.4, -0.2) is 38.3 Å². The molecule has 5 N–H and O–H groups in total. The zero-order valence-corrected chi connectivity index (χ0v) is 17.0. The Morgan fingerprint density at radius 2 is 2.11 bits per heavy atom. The van der Waals surface area contributed by atoms with Gasteiger partial charge in [0.15, 0.2) is 11.5 Å². The van der Waals surface area contributed by atoms with Crippen LogP contribution in [-0.2, 0) is 12.8 Å².